The summed E-state index contributed by atoms with van der Waals surface area (Å²) in [4.78, 5) is 30.0. The lowest BCUT2D eigenvalue weighted by Gasteiger charge is -2.05. The van der Waals surface area contributed by atoms with Gasteiger partial charge in [0.2, 0.25) is 5.78 Å². The van der Waals surface area contributed by atoms with E-state index in [4.69, 9.17) is 0 Å². The molecule has 0 fully saturated rings. The average Bonchev–Trinajstić information content (AvgIpc) is 2.75. The summed E-state index contributed by atoms with van der Waals surface area (Å²) >= 11 is 0. The van der Waals surface area contributed by atoms with E-state index in [1.54, 1.807) is 36.9 Å². The van der Waals surface area contributed by atoms with Crippen LogP contribution in [0.2, 0.25) is 0 Å². The SMILES string of the molecule is O=C(c1cccc(-c2cccnc2)n1)c1cccc(-c2cccnc2)n1. The van der Waals surface area contributed by atoms with Gasteiger partial charge < -0.3 is 0 Å². The largest absolute Gasteiger partial charge is 0.285 e. The van der Waals surface area contributed by atoms with Crippen LogP contribution in [0.4, 0.5) is 0 Å². The van der Waals surface area contributed by atoms with Crippen LogP contribution in [0.3, 0.4) is 0 Å². The maximum absolute atomic E-state index is 12.9. The monoisotopic (exact) mass is 338 g/mol. The number of hydrogen-bond acceptors (Lipinski definition) is 5. The maximum atomic E-state index is 12.9. The predicted octanol–water partition coefficient (Wildman–Crippen LogP) is 3.83. The van der Waals surface area contributed by atoms with Crippen LogP contribution in [0.25, 0.3) is 22.5 Å². The number of ketones is 1. The summed E-state index contributed by atoms with van der Waals surface area (Å²) in [6.45, 7) is 0. The van der Waals surface area contributed by atoms with Gasteiger partial charge in [-0.25, -0.2) is 9.97 Å². The van der Waals surface area contributed by atoms with E-state index in [2.05, 4.69) is 19.9 Å². The van der Waals surface area contributed by atoms with Crippen molar-refractivity contribution in [2.24, 2.45) is 0 Å². The first-order valence-electron chi connectivity index (χ1n) is 8.11. The Morgan fingerprint density at radius 1 is 0.615 bits per heavy atom. The Kier molecular flexibility index (Phi) is 4.26. The fraction of sp³-hybridized carbons (Fsp3) is 0. The molecule has 0 spiro atoms. The summed E-state index contributed by atoms with van der Waals surface area (Å²) in [6.07, 6.45) is 6.84. The van der Waals surface area contributed by atoms with Crippen LogP contribution < -0.4 is 0 Å². The number of carbonyl (C=O) groups excluding carboxylic acids is 1. The molecule has 0 saturated carbocycles. The second kappa shape index (κ2) is 7.03. The van der Waals surface area contributed by atoms with E-state index >= 15 is 0 Å². The van der Waals surface area contributed by atoms with E-state index in [1.165, 1.54) is 0 Å². The van der Waals surface area contributed by atoms with Crippen molar-refractivity contribution in [3.63, 3.8) is 0 Å². The van der Waals surface area contributed by atoms with Crippen molar-refractivity contribution in [3.8, 4) is 22.5 Å². The third kappa shape index (κ3) is 3.23. The van der Waals surface area contributed by atoms with Gasteiger partial charge in [0.15, 0.2) is 0 Å². The summed E-state index contributed by atoms with van der Waals surface area (Å²) in [5.74, 6) is -0.221. The van der Waals surface area contributed by atoms with Crippen molar-refractivity contribution >= 4 is 5.78 Å². The van der Waals surface area contributed by atoms with Crippen molar-refractivity contribution in [2.45, 2.75) is 0 Å². The van der Waals surface area contributed by atoms with E-state index in [9.17, 15) is 4.79 Å². The van der Waals surface area contributed by atoms with E-state index in [-0.39, 0.29) is 5.78 Å². The summed E-state index contributed by atoms with van der Waals surface area (Å²) < 4.78 is 0. The molecule has 4 aromatic heterocycles. The highest BCUT2D eigenvalue weighted by Gasteiger charge is 2.14. The fourth-order valence-corrected chi connectivity index (χ4v) is 2.60. The van der Waals surface area contributed by atoms with Gasteiger partial charge in [0.1, 0.15) is 11.4 Å². The zero-order valence-electron chi connectivity index (χ0n) is 13.8. The molecule has 0 aliphatic carbocycles. The van der Waals surface area contributed by atoms with Crippen molar-refractivity contribution in [2.75, 3.05) is 0 Å². The van der Waals surface area contributed by atoms with Crippen molar-refractivity contribution in [1.29, 1.82) is 0 Å². The molecule has 5 heteroatoms. The van der Waals surface area contributed by atoms with Crippen LogP contribution in [0.15, 0.2) is 85.5 Å². The third-order valence-corrected chi connectivity index (χ3v) is 3.88. The van der Waals surface area contributed by atoms with Crippen LogP contribution in [0, 0.1) is 0 Å². The van der Waals surface area contributed by atoms with Gasteiger partial charge in [0.05, 0.1) is 11.4 Å². The molecule has 0 N–H and O–H groups in total. The average molecular weight is 338 g/mol. The Bertz CT molecular complexity index is 965. The minimum Gasteiger partial charge on any atom is -0.285 e. The highest BCUT2D eigenvalue weighted by molar-refractivity contribution is 6.06. The Morgan fingerprint density at radius 2 is 1.12 bits per heavy atom. The maximum Gasteiger partial charge on any atom is 0.229 e. The molecule has 0 unspecified atom stereocenters. The molecule has 0 aromatic carbocycles. The summed E-state index contributed by atoms with van der Waals surface area (Å²) in [5.41, 5.74) is 3.82. The first kappa shape index (κ1) is 15.8. The number of aromatic nitrogens is 4. The van der Waals surface area contributed by atoms with Crippen molar-refractivity contribution in [1.82, 2.24) is 19.9 Å². The van der Waals surface area contributed by atoms with Crippen molar-refractivity contribution in [3.05, 3.63) is 96.8 Å². The number of pyridine rings is 4. The van der Waals surface area contributed by atoms with E-state index in [0.717, 1.165) is 11.1 Å². The van der Waals surface area contributed by atoms with Crippen LogP contribution >= 0.6 is 0 Å². The van der Waals surface area contributed by atoms with Gasteiger partial charge >= 0.3 is 0 Å². The molecule has 5 nitrogen and oxygen atoms in total. The Hall–Kier alpha value is -3.73. The molecule has 4 rings (SSSR count). The van der Waals surface area contributed by atoms with E-state index in [1.807, 2.05) is 48.5 Å². The van der Waals surface area contributed by atoms with E-state index in [0.29, 0.717) is 22.8 Å². The van der Waals surface area contributed by atoms with Gasteiger partial charge in [-0.15, -0.1) is 0 Å². The van der Waals surface area contributed by atoms with Crippen LogP contribution in [-0.4, -0.2) is 25.7 Å². The Labute approximate surface area is 150 Å². The molecular weight excluding hydrogens is 324 g/mol. The minimum atomic E-state index is -0.221. The second-order valence-corrected chi connectivity index (χ2v) is 5.63. The van der Waals surface area contributed by atoms with Gasteiger partial charge in [-0.3, -0.25) is 14.8 Å². The molecule has 0 bridgehead atoms. The molecule has 124 valence electrons. The minimum absolute atomic E-state index is 0.221. The van der Waals surface area contributed by atoms with Gasteiger partial charge in [0, 0.05) is 35.9 Å². The lowest BCUT2D eigenvalue weighted by Crippen LogP contribution is -2.07. The molecule has 0 aliphatic rings. The molecule has 0 aliphatic heterocycles. The van der Waals surface area contributed by atoms with Crippen LogP contribution in [-0.2, 0) is 0 Å². The highest BCUT2D eigenvalue weighted by atomic mass is 16.1. The standard InChI is InChI=1S/C21H14N4O/c26-21(19-9-1-7-17(24-19)15-5-3-11-22-13-15)20-10-2-8-18(25-20)16-6-4-12-23-14-16/h1-14H. The quantitative estimate of drug-likeness (QED) is 0.529. The van der Waals surface area contributed by atoms with Crippen LogP contribution in [0.5, 0.6) is 0 Å². The molecule has 4 heterocycles. The number of nitrogens with zero attached hydrogens (tertiary/aromatic N) is 4. The third-order valence-electron chi connectivity index (χ3n) is 3.88. The lowest BCUT2D eigenvalue weighted by atomic mass is 10.1. The van der Waals surface area contributed by atoms with E-state index < -0.39 is 0 Å². The first-order valence-corrected chi connectivity index (χ1v) is 8.11. The molecular formula is C21H14N4O. The molecule has 0 amide bonds. The normalized spacial score (nSPS) is 10.5. The molecule has 0 saturated heterocycles. The number of hydrogen-bond donors (Lipinski definition) is 0. The predicted molar refractivity (Wildman–Crippen MR) is 98.4 cm³/mol. The van der Waals surface area contributed by atoms with Crippen LogP contribution in [0.1, 0.15) is 16.2 Å². The Balaban J connectivity index is 1.69. The Morgan fingerprint density at radius 3 is 1.54 bits per heavy atom. The zero-order chi connectivity index (χ0) is 17.8. The highest BCUT2D eigenvalue weighted by Crippen LogP contribution is 2.19. The second-order valence-electron chi connectivity index (χ2n) is 5.63. The number of carbonyl (C=O) groups is 1. The van der Waals surface area contributed by atoms with Crippen molar-refractivity contribution < 1.29 is 4.79 Å². The van der Waals surface area contributed by atoms with Gasteiger partial charge in [-0.1, -0.05) is 12.1 Å². The molecule has 26 heavy (non-hydrogen) atoms. The molecule has 0 atom stereocenters. The number of rotatable bonds is 4. The summed E-state index contributed by atoms with van der Waals surface area (Å²) in [5, 5.41) is 0. The topological polar surface area (TPSA) is 68.6 Å². The molecule has 4 aromatic rings. The fourth-order valence-electron chi connectivity index (χ4n) is 2.60. The first-order chi connectivity index (χ1) is 12.8. The van der Waals surface area contributed by atoms with Gasteiger partial charge in [-0.2, -0.15) is 0 Å². The molecule has 0 radical (unpaired) electrons. The lowest BCUT2D eigenvalue weighted by molar-refractivity contribution is 0.103. The summed E-state index contributed by atoms with van der Waals surface area (Å²) in [7, 11) is 0. The van der Waals surface area contributed by atoms with Gasteiger partial charge in [-0.05, 0) is 48.5 Å². The smallest absolute Gasteiger partial charge is 0.229 e. The zero-order valence-corrected chi connectivity index (χ0v) is 13.8. The summed E-state index contributed by atoms with van der Waals surface area (Å²) in [6, 6.07) is 18.2. The van der Waals surface area contributed by atoms with Gasteiger partial charge in [0.25, 0.3) is 0 Å².